The van der Waals surface area contributed by atoms with Gasteiger partial charge in [0, 0.05) is 17.9 Å². The summed E-state index contributed by atoms with van der Waals surface area (Å²) in [7, 11) is 2.86. The van der Waals surface area contributed by atoms with Crippen molar-refractivity contribution in [3.05, 3.63) is 23.3 Å². The van der Waals surface area contributed by atoms with Gasteiger partial charge in [-0.05, 0) is 18.6 Å². The molecule has 3 rings (SSSR count). The molecule has 116 valence electrons. The number of hydrogen-bond acceptors (Lipinski definition) is 6. The highest BCUT2D eigenvalue weighted by Gasteiger charge is 2.30. The molecule has 0 aliphatic carbocycles. The van der Waals surface area contributed by atoms with Gasteiger partial charge < -0.3 is 24.4 Å². The van der Waals surface area contributed by atoms with Crippen LogP contribution in [0.5, 0.6) is 23.0 Å². The summed E-state index contributed by atoms with van der Waals surface area (Å²) >= 11 is 0. The van der Waals surface area contributed by atoms with Gasteiger partial charge in [0.05, 0.1) is 19.6 Å². The van der Waals surface area contributed by atoms with Crippen LogP contribution in [-0.4, -0.2) is 36.5 Å². The highest BCUT2D eigenvalue weighted by Crippen LogP contribution is 2.47. The van der Waals surface area contributed by atoms with Crippen LogP contribution in [0.2, 0.25) is 0 Å². The van der Waals surface area contributed by atoms with Crippen molar-refractivity contribution >= 4 is 16.7 Å². The van der Waals surface area contributed by atoms with E-state index in [1.54, 1.807) is 13.0 Å². The minimum atomic E-state index is -0.578. The predicted octanol–water partition coefficient (Wildman–Crippen LogP) is 2.37. The van der Waals surface area contributed by atoms with Crippen LogP contribution in [0.3, 0.4) is 0 Å². The molecule has 0 bridgehead atoms. The van der Waals surface area contributed by atoms with Crippen LogP contribution >= 0.6 is 0 Å². The van der Waals surface area contributed by atoms with E-state index in [1.165, 1.54) is 20.3 Å². The van der Waals surface area contributed by atoms with Gasteiger partial charge in [-0.25, -0.2) is 4.79 Å². The van der Waals surface area contributed by atoms with Gasteiger partial charge in [-0.2, -0.15) is 0 Å². The molecule has 1 aliphatic rings. The van der Waals surface area contributed by atoms with Crippen molar-refractivity contribution in [2.75, 3.05) is 14.2 Å². The second-order valence-corrected chi connectivity index (χ2v) is 5.23. The minimum absolute atomic E-state index is 0.108. The van der Waals surface area contributed by atoms with Crippen molar-refractivity contribution in [2.24, 2.45) is 0 Å². The second kappa shape index (κ2) is 4.98. The number of aromatic hydroxyl groups is 2. The van der Waals surface area contributed by atoms with Crippen molar-refractivity contribution in [1.82, 2.24) is 0 Å². The zero-order valence-corrected chi connectivity index (χ0v) is 12.5. The molecule has 1 atom stereocenters. The van der Waals surface area contributed by atoms with E-state index < -0.39 is 5.97 Å². The first-order valence-electron chi connectivity index (χ1n) is 6.81. The van der Waals surface area contributed by atoms with Crippen LogP contribution in [0.4, 0.5) is 0 Å². The fourth-order valence-electron chi connectivity index (χ4n) is 2.85. The Labute approximate surface area is 126 Å². The molecule has 22 heavy (non-hydrogen) atoms. The van der Waals surface area contributed by atoms with Gasteiger partial charge in [0.1, 0.15) is 23.2 Å². The summed E-state index contributed by atoms with van der Waals surface area (Å²) in [5.74, 6) is -0.404. The Morgan fingerprint density at radius 3 is 2.45 bits per heavy atom. The molecule has 2 aromatic rings. The Kier molecular flexibility index (Phi) is 3.24. The molecular formula is C16H16O6. The number of methoxy groups -OCH3 is 2. The maximum Gasteiger partial charge on any atom is 0.342 e. The first-order valence-corrected chi connectivity index (χ1v) is 6.81. The molecule has 0 unspecified atom stereocenters. The molecule has 0 aromatic heterocycles. The number of carbonyl (C=O) groups excluding carboxylic acids is 1. The van der Waals surface area contributed by atoms with E-state index in [-0.39, 0.29) is 34.3 Å². The molecule has 0 amide bonds. The van der Waals surface area contributed by atoms with Gasteiger partial charge in [-0.1, -0.05) is 0 Å². The molecule has 2 N–H and O–H groups in total. The second-order valence-electron chi connectivity index (χ2n) is 5.23. The van der Waals surface area contributed by atoms with E-state index >= 15 is 0 Å². The van der Waals surface area contributed by atoms with Crippen molar-refractivity contribution in [3.63, 3.8) is 0 Å². The number of hydrogen-bond donors (Lipinski definition) is 2. The lowest BCUT2D eigenvalue weighted by Crippen LogP contribution is -2.25. The number of fused-ring (bicyclic) bond motifs is 2. The molecule has 6 nitrogen and oxygen atoms in total. The van der Waals surface area contributed by atoms with E-state index in [4.69, 9.17) is 14.2 Å². The summed E-state index contributed by atoms with van der Waals surface area (Å²) in [6.45, 7) is 1.77. The standard InChI is InChI=1S/C16H16O6/c1-7-4-8-5-9-13(15(18)12(8)16(19)22-7)10(20-2)6-11(21-3)14(9)17/h5-7,17-18H,4H2,1-3H3/t7-/m1/s1. The quantitative estimate of drug-likeness (QED) is 0.829. The Hall–Kier alpha value is -2.63. The number of carbonyl (C=O) groups is 1. The molecule has 0 spiro atoms. The number of phenolic OH excluding ortho intramolecular Hbond substituents is 2. The number of esters is 1. The first-order chi connectivity index (χ1) is 10.5. The summed E-state index contributed by atoms with van der Waals surface area (Å²) in [4.78, 5) is 12.1. The van der Waals surface area contributed by atoms with Gasteiger partial charge in [-0.15, -0.1) is 0 Å². The smallest absolute Gasteiger partial charge is 0.342 e. The fraction of sp³-hybridized carbons (Fsp3) is 0.312. The number of phenols is 2. The maximum absolute atomic E-state index is 12.1. The van der Waals surface area contributed by atoms with E-state index in [1.807, 2.05) is 0 Å². The Balaban J connectivity index is 2.43. The highest BCUT2D eigenvalue weighted by molar-refractivity contribution is 6.08. The summed E-state index contributed by atoms with van der Waals surface area (Å²) in [5, 5.41) is 21.5. The van der Waals surface area contributed by atoms with E-state index in [0.29, 0.717) is 23.1 Å². The molecular weight excluding hydrogens is 288 g/mol. The molecule has 0 radical (unpaired) electrons. The topological polar surface area (TPSA) is 85.2 Å². The number of benzene rings is 2. The van der Waals surface area contributed by atoms with E-state index in [2.05, 4.69) is 0 Å². The number of rotatable bonds is 2. The van der Waals surface area contributed by atoms with Gasteiger partial charge >= 0.3 is 5.97 Å². The number of cyclic esters (lactones) is 1. The van der Waals surface area contributed by atoms with E-state index in [9.17, 15) is 15.0 Å². The number of ether oxygens (including phenoxy) is 3. The lowest BCUT2D eigenvalue weighted by molar-refractivity contribution is 0.0297. The zero-order valence-electron chi connectivity index (χ0n) is 12.5. The van der Waals surface area contributed by atoms with Crippen LogP contribution in [0, 0.1) is 0 Å². The highest BCUT2D eigenvalue weighted by atomic mass is 16.5. The molecule has 1 aliphatic heterocycles. The van der Waals surface area contributed by atoms with Gasteiger partial charge in [0.15, 0.2) is 11.5 Å². The molecule has 2 aromatic carbocycles. The monoisotopic (exact) mass is 304 g/mol. The Morgan fingerprint density at radius 1 is 1.14 bits per heavy atom. The maximum atomic E-state index is 12.1. The van der Waals surface area contributed by atoms with Crippen molar-refractivity contribution in [1.29, 1.82) is 0 Å². The Bertz CT molecular complexity index is 780. The lowest BCUT2D eigenvalue weighted by atomic mass is 9.93. The third kappa shape index (κ3) is 1.91. The molecule has 6 heteroatoms. The predicted molar refractivity (Wildman–Crippen MR) is 79.0 cm³/mol. The van der Waals surface area contributed by atoms with Crippen molar-refractivity contribution in [3.8, 4) is 23.0 Å². The largest absolute Gasteiger partial charge is 0.506 e. The van der Waals surface area contributed by atoms with E-state index in [0.717, 1.165) is 0 Å². The summed E-state index contributed by atoms with van der Waals surface area (Å²) in [6, 6.07) is 3.13. The fourth-order valence-corrected chi connectivity index (χ4v) is 2.85. The third-order valence-corrected chi connectivity index (χ3v) is 3.84. The summed E-state index contributed by atoms with van der Waals surface area (Å²) in [6.07, 6.45) is 0.176. The SMILES string of the molecule is COc1cc(OC)c2c(O)c3c(cc2c1O)C[C@@H](C)OC3=O. The summed E-state index contributed by atoms with van der Waals surface area (Å²) in [5.41, 5.74) is 0.743. The van der Waals surface area contributed by atoms with Gasteiger partial charge in [0.2, 0.25) is 0 Å². The normalized spacial score (nSPS) is 17.0. The Morgan fingerprint density at radius 2 is 1.82 bits per heavy atom. The average molecular weight is 304 g/mol. The first kappa shape index (κ1) is 14.3. The van der Waals surface area contributed by atoms with Crippen LogP contribution in [0.25, 0.3) is 10.8 Å². The lowest BCUT2D eigenvalue weighted by Gasteiger charge is -2.24. The minimum Gasteiger partial charge on any atom is -0.506 e. The van der Waals surface area contributed by atoms with Gasteiger partial charge in [-0.3, -0.25) is 0 Å². The molecule has 0 saturated heterocycles. The van der Waals surface area contributed by atoms with Crippen molar-refractivity contribution < 1.29 is 29.2 Å². The van der Waals surface area contributed by atoms with Crippen LogP contribution < -0.4 is 9.47 Å². The third-order valence-electron chi connectivity index (χ3n) is 3.84. The van der Waals surface area contributed by atoms with Crippen LogP contribution in [-0.2, 0) is 11.2 Å². The van der Waals surface area contributed by atoms with Crippen molar-refractivity contribution in [2.45, 2.75) is 19.4 Å². The van der Waals surface area contributed by atoms with Gasteiger partial charge in [0.25, 0.3) is 0 Å². The van der Waals surface area contributed by atoms with Crippen LogP contribution in [0.15, 0.2) is 12.1 Å². The molecule has 0 fully saturated rings. The summed E-state index contributed by atoms with van der Waals surface area (Å²) < 4.78 is 15.5. The van der Waals surface area contributed by atoms with Crippen LogP contribution in [0.1, 0.15) is 22.8 Å². The molecule has 1 heterocycles. The molecule has 0 saturated carbocycles. The average Bonchev–Trinajstić information content (AvgIpc) is 2.47. The zero-order chi connectivity index (χ0) is 16.0.